The minimum Gasteiger partial charge on any atom is -0.393 e. The van der Waals surface area contributed by atoms with Gasteiger partial charge in [-0.2, -0.15) is 8.42 Å². The lowest BCUT2D eigenvalue weighted by atomic mass is 10.3. The van der Waals surface area contributed by atoms with Crippen LogP contribution in [0.5, 0.6) is 0 Å². The maximum absolute atomic E-state index is 10.3. The minimum atomic E-state index is -4.48. The van der Waals surface area contributed by atoms with E-state index in [9.17, 15) is 8.42 Å². The molecule has 0 rings (SSSR count). The van der Waals surface area contributed by atoms with Crippen molar-refractivity contribution in [2.24, 2.45) is 0 Å². The Kier molecular flexibility index (Phi) is 4.35. The lowest BCUT2D eigenvalue weighted by Gasteiger charge is -2.03. The van der Waals surface area contributed by atoms with Gasteiger partial charge < -0.3 is 15.3 Å². The first-order chi connectivity index (χ1) is 5.41. The van der Waals surface area contributed by atoms with E-state index in [0.717, 1.165) is 0 Å². The molecule has 1 unspecified atom stereocenters. The number of hydrogen-bond donors (Lipinski definition) is 4. The van der Waals surface area contributed by atoms with E-state index in [1.54, 1.807) is 0 Å². The van der Waals surface area contributed by atoms with E-state index >= 15 is 0 Å². The van der Waals surface area contributed by atoms with Crippen LogP contribution in [0.3, 0.4) is 0 Å². The summed E-state index contributed by atoms with van der Waals surface area (Å²) in [7, 11) is -4.48. The van der Waals surface area contributed by atoms with Gasteiger partial charge in [0.15, 0.2) is 0 Å². The number of aliphatic hydroxyl groups is 3. The van der Waals surface area contributed by atoms with Crippen molar-refractivity contribution in [2.45, 2.75) is 6.10 Å². The van der Waals surface area contributed by atoms with Crippen molar-refractivity contribution in [1.82, 2.24) is 0 Å². The van der Waals surface area contributed by atoms with E-state index in [1.165, 1.54) is 0 Å². The van der Waals surface area contributed by atoms with Gasteiger partial charge in [-0.1, -0.05) is 0 Å². The molecule has 6 nitrogen and oxygen atoms in total. The monoisotopic (exact) mass is 198 g/mol. The first-order valence-corrected chi connectivity index (χ1v) is 4.43. The van der Waals surface area contributed by atoms with E-state index in [2.05, 4.69) is 0 Å². The van der Waals surface area contributed by atoms with E-state index < -0.39 is 34.3 Å². The first-order valence-electron chi connectivity index (χ1n) is 2.99. The Labute approximate surface area is 69.5 Å². The maximum Gasteiger partial charge on any atom is 0.292 e. The highest BCUT2D eigenvalue weighted by atomic mass is 32.2. The molecule has 7 heteroatoms. The van der Waals surface area contributed by atoms with Crippen LogP contribution >= 0.6 is 0 Å². The molecule has 0 spiro atoms. The molecule has 0 aromatic rings. The zero-order chi connectivity index (χ0) is 9.78. The Bertz CT molecular complexity index is 253. The number of hydrogen-bond acceptors (Lipinski definition) is 5. The third-order valence-electron chi connectivity index (χ3n) is 1.05. The second kappa shape index (κ2) is 4.53. The van der Waals surface area contributed by atoms with E-state index in [0.29, 0.717) is 6.08 Å². The van der Waals surface area contributed by atoms with E-state index in [-0.39, 0.29) is 0 Å². The van der Waals surface area contributed by atoms with Gasteiger partial charge in [-0.3, -0.25) is 4.55 Å². The maximum atomic E-state index is 10.3. The quantitative estimate of drug-likeness (QED) is 0.392. The van der Waals surface area contributed by atoms with Crippen LogP contribution in [0.25, 0.3) is 0 Å². The molecule has 0 aromatic carbocycles. The van der Waals surface area contributed by atoms with Crippen molar-refractivity contribution in [3.05, 3.63) is 11.0 Å². The average molecular weight is 198 g/mol. The molecule has 0 aromatic heterocycles. The molecule has 0 saturated heterocycles. The summed E-state index contributed by atoms with van der Waals surface area (Å²) >= 11 is 0. The SMILES string of the molecule is O=S(=O)(O)C(=CC(O)CO)CO. The van der Waals surface area contributed by atoms with Gasteiger partial charge in [0.2, 0.25) is 0 Å². The third-order valence-corrected chi connectivity index (χ3v) is 1.98. The van der Waals surface area contributed by atoms with Crippen molar-refractivity contribution < 1.29 is 28.3 Å². The Morgan fingerprint density at radius 2 is 1.92 bits per heavy atom. The fraction of sp³-hybridized carbons (Fsp3) is 0.600. The van der Waals surface area contributed by atoms with Crippen LogP contribution in [0.1, 0.15) is 0 Å². The molecule has 0 aliphatic carbocycles. The predicted octanol–water partition coefficient (Wildman–Crippen LogP) is -1.90. The fourth-order valence-electron chi connectivity index (χ4n) is 0.488. The summed E-state index contributed by atoms with van der Waals surface area (Å²) < 4.78 is 29.1. The summed E-state index contributed by atoms with van der Waals surface area (Å²) in [6, 6.07) is 0. The highest BCUT2D eigenvalue weighted by Crippen LogP contribution is 2.03. The summed E-state index contributed by atoms with van der Waals surface area (Å²) in [5, 5.41) is 25.4. The normalized spacial score (nSPS) is 16.2. The second-order valence-corrected chi connectivity index (χ2v) is 3.49. The van der Waals surface area contributed by atoms with Crippen LogP contribution in [0, 0.1) is 0 Å². The largest absolute Gasteiger partial charge is 0.393 e. The van der Waals surface area contributed by atoms with Crippen molar-refractivity contribution in [3.8, 4) is 0 Å². The smallest absolute Gasteiger partial charge is 0.292 e. The van der Waals surface area contributed by atoms with Gasteiger partial charge in [0, 0.05) is 0 Å². The molecule has 0 saturated carbocycles. The summed E-state index contributed by atoms with van der Waals surface area (Å²) in [4.78, 5) is -0.732. The van der Waals surface area contributed by atoms with E-state index in [4.69, 9.17) is 19.9 Å². The molecule has 0 aliphatic heterocycles. The number of aliphatic hydroxyl groups excluding tert-OH is 3. The Balaban J connectivity index is 4.68. The van der Waals surface area contributed by atoms with Gasteiger partial charge in [0.05, 0.1) is 24.2 Å². The van der Waals surface area contributed by atoms with Gasteiger partial charge in [0.25, 0.3) is 10.1 Å². The molecule has 1 atom stereocenters. The first kappa shape index (κ1) is 11.5. The molecular weight excluding hydrogens is 188 g/mol. The van der Waals surface area contributed by atoms with Gasteiger partial charge >= 0.3 is 0 Å². The zero-order valence-electron chi connectivity index (χ0n) is 6.08. The average Bonchev–Trinajstić information content (AvgIpc) is 1.97. The van der Waals surface area contributed by atoms with Crippen molar-refractivity contribution in [1.29, 1.82) is 0 Å². The second-order valence-electron chi connectivity index (χ2n) is 2.02. The summed E-state index contributed by atoms with van der Waals surface area (Å²) in [6.07, 6.45) is -0.746. The summed E-state index contributed by atoms with van der Waals surface area (Å²) in [5.74, 6) is 0. The minimum absolute atomic E-state index is 0.662. The molecule has 0 fully saturated rings. The molecular formula is C5H10O6S. The van der Waals surface area contributed by atoms with Crippen molar-refractivity contribution >= 4 is 10.1 Å². The van der Waals surface area contributed by atoms with Gasteiger partial charge in [-0.15, -0.1) is 0 Å². The highest BCUT2D eigenvalue weighted by molar-refractivity contribution is 7.89. The highest BCUT2D eigenvalue weighted by Gasteiger charge is 2.13. The zero-order valence-corrected chi connectivity index (χ0v) is 6.90. The van der Waals surface area contributed by atoms with Crippen LogP contribution in [-0.2, 0) is 10.1 Å². The molecule has 0 bridgehead atoms. The Hall–Kier alpha value is -0.470. The molecule has 0 radical (unpaired) electrons. The predicted molar refractivity (Wildman–Crippen MR) is 39.8 cm³/mol. The van der Waals surface area contributed by atoms with Crippen LogP contribution in [0.4, 0.5) is 0 Å². The van der Waals surface area contributed by atoms with Crippen molar-refractivity contribution in [2.75, 3.05) is 13.2 Å². The summed E-state index contributed by atoms with van der Waals surface area (Å²) in [5.41, 5.74) is 0. The Morgan fingerprint density at radius 3 is 2.17 bits per heavy atom. The van der Waals surface area contributed by atoms with Crippen LogP contribution in [0.2, 0.25) is 0 Å². The molecule has 0 aliphatic rings. The molecule has 12 heavy (non-hydrogen) atoms. The molecule has 72 valence electrons. The lowest BCUT2D eigenvalue weighted by Crippen LogP contribution is -2.14. The van der Waals surface area contributed by atoms with Crippen LogP contribution < -0.4 is 0 Å². The van der Waals surface area contributed by atoms with E-state index in [1.807, 2.05) is 0 Å². The topological polar surface area (TPSA) is 115 Å². The van der Waals surface area contributed by atoms with Crippen LogP contribution in [-0.4, -0.2) is 47.6 Å². The van der Waals surface area contributed by atoms with Crippen LogP contribution in [0.15, 0.2) is 11.0 Å². The standard InChI is InChI=1S/C5H10O6S/c6-2-4(8)1-5(3-7)12(9,10)11/h1,4,6-8H,2-3H2,(H,9,10,11). The summed E-state index contributed by atoms with van der Waals surface area (Å²) in [6.45, 7) is -1.60. The van der Waals surface area contributed by atoms with Gasteiger partial charge in [0.1, 0.15) is 0 Å². The number of rotatable bonds is 4. The van der Waals surface area contributed by atoms with Crippen molar-refractivity contribution in [3.63, 3.8) is 0 Å². The van der Waals surface area contributed by atoms with Gasteiger partial charge in [-0.05, 0) is 6.08 Å². The third kappa shape index (κ3) is 3.79. The Morgan fingerprint density at radius 1 is 1.42 bits per heavy atom. The molecule has 0 amide bonds. The molecule has 4 N–H and O–H groups in total. The molecule has 0 heterocycles. The fourth-order valence-corrected chi connectivity index (χ4v) is 0.980. The van der Waals surface area contributed by atoms with Gasteiger partial charge in [-0.25, -0.2) is 0 Å². The lowest BCUT2D eigenvalue weighted by molar-refractivity contribution is 0.130.